The lowest BCUT2D eigenvalue weighted by Gasteiger charge is -2.11. The largest absolute Gasteiger partial charge is 0.380 e. The number of carbonyl (C=O) groups excluding carboxylic acids is 1. The monoisotopic (exact) mass is 313 g/mol. The van der Waals surface area contributed by atoms with Crippen LogP contribution in [-0.4, -0.2) is 24.9 Å². The van der Waals surface area contributed by atoms with Gasteiger partial charge >= 0.3 is 0 Å². The molecule has 0 bridgehead atoms. The summed E-state index contributed by atoms with van der Waals surface area (Å²) < 4.78 is 0. The number of rotatable bonds is 4. The second-order valence-corrected chi connectivity index (χ2v) is 5.49. The highest BCUT2D eigenvalue weighted by atomic mass is 35.5. The molecular weight excluding hydrogens is 298 g/mol. The maximum Gasteiger partial charge on any atom is 0.253 e. The zero-order chi connectivity index (χ0) is 16.1. The Balaban J connectivity index is 2.07. The van der Waals surface area contributed by atoms with Crippen molar-refractivity contribution >= 4 is 23.2 Å². The fourth-order valence-corrected chi connectivity index (χ4v) is 2.16. The average molecular weight is 314 g/mol. The molecule has 0 aliphatic heterocycles. The summed E-state index contributed by atoms with van der Waals surface area (Å²) in [5.41, 5.74) is 2.92. The van der Waals surface area contributed by atoms with E-state index >= 15 is 0 Å². The first-order valence-electron chi connectivity index (χ1n) is 6.75. The van der Waals surface area contributed by atoms with Crippen molar-refractivity contribution in [2.75, 3.05) is 19.4 Å². The van der Waals surface area contributed by atoms with Crippen LogP contribution in [0.15, 0.2) is 42.5 Å². The molecule has 0 fully saturated rings. The van der Waals surface area contributed by atoms with Crippen molar-refractivity contribution in [2.45, 2.75) is 6.54 Å². The van der Waals surface area contributed by atoms with Crippen LogP contribution < -0.4 is 5.32 Å². The molecule has 0 unspecified atom stereocenters. The second kappa shape index (κ2) is 6.97. The van der Waals surface area contributed by atoms with Gasteiger partial charge in [0, 0.05) is 31.2 Å². The number of nitrogens with one attached hydrogen (secondary N) is 1. The Bertz CT molecular complexity index is 718. The van der Waals surface area contributed by atoms with Gasteiger partial charge < -0.3 is 10.2 Å². The highest BCUT2D eigenvalue weighted by molar-refractivity contribution is 6.30. The molecule has 2 aromatic carbocycles. The summed E-state index contributed by atoms with van der Waals surface area (Å²) in [5, 5.41) is 12.8. The molecule has 0 heterocycles. The molecule has 0 aromatic heterocycles. The molecule has 5 heteroatoms. The van der Waals surface area contributed by atoms with Gasteiger partial charge in [-0.15, -0.1) is 0 Å². The molecule has 2 aromatic rings. The van der Waals surface area contributed by atoms with E-state index < -0.39 is 0 Å². The molecule has 0 atom stereocenters. The molecule has 1 N–H and O–H groups in total. The number of hydrogen-bond donors (Lipinski definition) is 1. The summed E-state index contributed by atoms with van der Waals surface area (Å²) in [4.78, 5) is 13.4. The molecule has 0 saturated heterocycles. The number of benzene rings is 2. The summed E-state index contributed by atoms with van der Waals surface area (Å²) in [5.74, 6) is -0.0241. The van der Waals surface area contributed by atoms with Crippen LogP contribution >= 0.6 is 11.6 Å². The lowest BCUT2D eigenvalue weighted by Crippen LogP contribution is -2.21. The van der Waals surface area contributed by atoms with E-state index in [1.807, 2.05) is 12.1 Å². The van der Waals surface area contributed by atoms with E-state index in [1.54, 1.807) is 49.3 Å². The van der Waals surface area contributed by atoms with Crippen LogP contribution in [0.4, 0.5) is 5.69 Å². The van der Waals surface area contributed by atoms with Crippen LogP contribution in [-0.2, 0) is 6.54 Å². The van der Waals surface area contributed by atoms with E-state index in [9.17, 15) is 4.79 Å². The van der Waals surface area contributed by atoms with E-state index in [2.05, 4.69) is 11.4 Å². The molecule has 0 spiro atoms. The number of nitriles is 1. The maximum atomic E-state index is 11.8. The first-order chi connectivity index (χ1) is 10.5. The van der Waals surface area contributed by atoms with Crippen molar-refractivity contribution < 1.29 is 4.79 Å². The normalized spacial score (nSPS) is 9.91. The lowest BCUT2D eigenvalue weighted by molar-refractivity contribution is 0.0827. The molecule has 1 amide bonds. The smallest absolute Gasteiger partial charge is 0.253 e. The van der Waals surface area contributed by atoms with Crippen LogP contribution in [0.25, 0.3) is 0 Å². The Labute approximate surface area is 134 Å². The Morgan fingerprint density at radius 3 is 2.50 bits per heavy atom. The van der Waals surface area contributed by atoms with Crippen LogP contribution in [0.1, 0.15) is 21.5 Å². The van der Waals surface area contributed by atoms with E-state index in [0.29, 0.717) is 22.7 Å². The molecule has 2 rings (SSSR count). The zero-order valence-corrected chi connectivity index (χ0v) is 13.2. The van der Waals surface area contributed by atoms with Crippen molar-refractivity contribution in [3.63, 3.8) is 0 Å². The highest BCUT2D eigenvalue weighted by Gasteiger charge is 2.07. The fourth-order valence-electron chi connectivity index (χ4n) is 1.98. The van der Waals surface area contributed by atoms with E-state index in [0.717, 1.165) is 11.3 Å². The van der Waals surface area contributed by atoms with Crippen molar-refractivity contribution in [1.82, 2.24) is 4.90 Å². The zero-order valence-electron chi connectivity index (χ0n) is 12.4. The highest BCUT2D eigenvalue weighted by Crippen LogP contribution is 2.20. The number of carbonyl (C=O) groups is 1. The second-order valence-electron chi connectivity index (χ2n) is 5.05. The molecule has 0 aliphatic rings. The molecule has 4 nitrogen and oxygen atoms in total. The predicted octanol–water partition coefficient (Wildman–Crippen LogP) is 3.53. The number of anilines is 1. The van der Waals surface area contributed by atoms with Crippen molar-refractivity contribution in [3.8, 4) is 6.07 Å². The third-order valence-corrected chi connectivity index (χ3v) is 3.43. The predicted molar refractivity (Wildman–Crippen MR) is 88.0 cm³/mol. The topological polar surface area (TPSA) is 56.1 Å². The van der Waals surface area contributed by atoms with Gasteiger partial charge in [-0.3, -0.25) is 4.79 Å². The number of hydrogen-bond acceptors (Lipinski definition) is 3. The molecule has 22 heavy (non-hydrogen) atoms. The SMILES string of the molecule is CN(C)C(=O)c1ccc(CNc2ccc(Cl)cc2C#N)cc1. The quantitative estimate of drug-likeness (QED) is 0.939. The summed E-state index contributed by atoms with van der Waals surface area (Å²) in [7, 11) is 3.45. The third kappa shape index (κ3) is 3.78. The van der Waals surface area contributed by atoms with Gasteiger partial charge in [-0.1, -0.05) is 23.7 Å². The van der Waals surface area contributed by atoms with E-state index in [4.69, 9.17) is 16.9 Å². The van der Waals surface area contributed by atoms with Gasteiger partial charge in [-0.05, 0) is 35.9 Å². The Morgan fingerprint density at radius 2 is 1.91 bits per heavy atom. The van der Waals surface area contributed by atoms with Gasteiger partial charge in [-0.2, -0.15) is 5.26 Å². The van der Waals surface area contributed by atoms with Gasteiger partial charge in [0.25, 0.3) is 5.91 Å². The third-order valence-electron chi connectivity index (χ3n) is 3.19. The number of halogens is 1. The van der Waals surface area contributed by atoms with Crippen molar-refractivity contribution in [3.05, 3.63) is 64.2 Å². The van der Waals surface area contributed by atoms with Crippen LogP contribution in [0.3, 0.4) is 0 Å². The van der Waals surface area contributed by atoms with Gasteiger partial charge in [0.2, 0.25) is 0 Å². The van der Waals surface area contributed by atoms with Crippen LogP contribution in [0.2, 0.25) is 5.02 Å². The van der Waals surface area contributed by atoms with Crippen LogP contribution in [0.5, 0.6) is 0 Å². The van der Waals surface area contributed by atoms with Gasteiger partial charge in [0.1, 0.15) is 6.07 Å². The first-order valence-corrected chi connectivity index (χ1v) is 7.13. The minimum atomic E-state index is -0.0241. The minimum absolute atomic E-state index is 0.0241. The van der Waals surface area contributed by atoms with Crippen LogP contribution in [0, 0.1) is 11.3 Å². The lowest BCUT2D eigenvalue weighted by atomic mass is 10.1. The number of amides is 1. The summed E-state index contributed by atoms with van der Waals surface area (Å²) in [6.07, 6.45) is 0. The molecule has 0 saturated carbocycles. The Hall–Kier alpha value is -2.51. The molecule has 112 valence electrons. The number of nitrogens with zero attached hydrogens (tertiary/aromatic N) is 2. The molecular formula is C17H16ClN3O. The van der Waals surface area contributed by atoms with Crippen molar-refractivity contribution in [1.29, 1.82) is 5.26 Å². The first kappa shape index (κ1) is 15.9. The summed E-state index contributed by atoms with van der Waals surface area (Å²) in [6.45, 7) is 0.562. The van der Waals surface area contributed by atoms with Gasteiger partial charge in [0.15, 0.2) is 0 Å². The van der Waals surface area contributed by atoms with E-state index in [1.165, 1.54) is 0 Å². The van der Waals surface area contributed by atoms with Gasteiger partial charge in [0.05, 0.1) is 11.3 Å². The van der Waals surface area contributed by atoms with E-state index in [-0.39, 0.29) is 5.91 Å². The minimum Gasteiger partial charge on any atom is -0.380 e. The summed E-state index contributed by atoms with van der Waals surface area (Å²) in [6, 6.07) is 14.6. The molecule has 0 radical (unpaired) electrons. The Morgan fingerprint density at radius 1 is 1.23 bits per heavy atom. The Kier molecular flexibility index (Phi) is 5.03. The standard InChI is InChI=1S/C17H16ClN3O/c1-21(2)17(22)13-5-3-12(4-6-13)11-20-16-8-7-15(18)9-14(16)10-19/h3-9,20H,11H2,1-2H3. The molecule has 0 aliphatic carbocycles. The van der Waals surface area contributed by atoms with Crippen molar-refractivity contribution in [2.24, 2.45) is 0 Å². The van der Waals surface area contributed by atoms with Gasteiger partial charge in [-0.25, -0.2) is 0 Å². The summed E-state index contributed by atoms with van der Waals surface area (Å²) >= 11 is 5.87. The average Bonchev–Trinajstić information content (AvgIpc) is 2.53. The fraction of sp³-hybridized carbons (Fsp3) is 0.176. The maximum absolute atomic E-state index is 11.8.